The smallest absolute Gasteiger partial charge is 0.237 e. The van der Waals surface area contributed by atoms with Crippen LogP contribution in [-0.4, -0.2) is 36.2 Å². The largest absolute Gasteiger partial charge is 0.355 e. The van der Waals surface area contributed by atoms with E-state index in [0.29, 0.717) is 6.54 Å². The fourth-order valence-electron chi connectivity index (χ4n) is 1.93. The molecular formula is C8H10N2O3. The first-order valence-corrected chi connectivity index (χ1v) is 4.13. The summed E-state index contributed by atoms with van der Waals surface area (Å²) in [4.78, 5) is 34.9. The molecule has 2 aliphatic heterocycles. The molecule has 70 valence electrons. The summed E-state index contributed by atoms with van der Waals surface area (Å²) in [6.07, 6.45) is 0.322. The highest BCUT2D eigenvalue weighted by Crippen LogP contribution is 2.37. The third kappa shape index (κ3) is 0.961. The van der Waals surface area contributed by atoms with Crippen LogP contribution in [0, 0.1) is 5.41 Å². The summed E-state index contributed by atoms with van der Waals surface area (Å²) in [5.41, 5.74) is -0.761. The first-order chi connectivity index (χ1) is 6.05. The maximum Gasteiger partial charge on any atom is 0.237 e. The number of hydrogen-bond acceptors (Lipinski definition) is 3. The monoisotopic (exact) mass is 182 g/mol. The van der Waals surface area contributed by atoms with E-state index in [1.54, 1.807) is 0 Å². The highest BCUT2D eigenvalue weighted by atomic mass is 16.2. The normalized spacial score (nSPS) is 33.3. The van der Waals surface area contributed by atoms with E-state index in [1.165, 1.54) is 7.05 Å². The van der Waals surface area contributed by atoms with Gasteiger partial charge in [-0.3, -0.25) is 19.3 Å². The number of amides is 3. The maximum atomic E-state index is 11.6. The van der Waals surface area contributed by atoms with Crippen LogP contribution in [0.15, 0.2) is 0 Å². The summed E-state index contributed by atoms with van der Waals surface area (Å²) in [6, 6.07) is 0. The first-order valence-electron chi connectivity index (χ1n) is 4.13. The van der Waals surface area contributed by atoms with Crippen LogP contribution >= 0.6 is 0 Å². The third-order valence-electron chi connectivity index (χ3n) is 2.74. The summed E-state index contributed by atoms with van der Waals surface area (Å²) in [6.45, 7) is 0.306. The van der Waals surface area contributed by atoms with Crippen LogP contribution in [0.5, 0.6) is 0 Å². The van der Waals surface area contributed by atoms with Crippen LogP contribution in [0.3, 0.4) is 0 Å². The molecule has 1 atom stereocenters. The van der Waals surface area contributed by atoms with Gasteiger partial charge in [-0.2, -0.15) is 0 Å². The van der Waals surface area contributed by atoms with Crippen LogP contribution in [0.4, 0.5) is 0 Å². The van der Waals surface area contributed by atoms with Crippen molar-refractivity contribution in [3.8, 4) is 0 Å². The van der Waals surface area contributed by atoms with Gasteiger partial charge >= 0.3 is 0 Å². The molecule has 0 saturated carbocycles. The van der Waals surface area contributed by atoms with Crippen molar-refractivity contribution in [2.45, 2.75) is 12.8 Å². The minimum Gasteiger partial charge on any atom is -0.355 e. The SMILES string of the molecule is CN1C(=O)C[C@@]2(CNC(=O)C2)C1=O. The summed E-state index contributed by atoms with van der Waals surface area (Å²) in [5.74, 6) is -0.561. The molecule has 2 aliphatic rings. The zero-order chi connectivity index (χ0) is 9.64. The van der Waals surface area contributed by atoms with Gasteiger partial charge in [-0.1, -0.05) is 0 Å². The molecule has 5 heteroatoms. The van der Waals surface area contributed by atoms with E-state index in [-0.39, 0.29) is 30.6 Å². The Bertz CT molecular complexity index is 313. The van der Waals surface area contributed by atoms with Crippen LogP contribution in [0.25, 0.3) is 0 Å². The molecule has 1 spiro atoms. The Balaban J connectivity index is 2.31. The van der Waals surface area contributed by atoms with E-state index in [4.69, 9.17) is 0 Å². The standard InChI is InChI=1S/C8H10N2O3/c1-10-6(12)3-8(7(10)13)2-5(11)9-4-8/h2-4H2,1H3,(H,9,11)/t8-/m0/s1. The number of hydrogen-bond donors (Lipinski definition) is 1. The second-order valence-electron chi connectivity index (χ2n) is 3.67. The molecule has 2 fully saturated rings. The number of nitrogens with one attached hydrogen (secondary N) is 1. The fourth-order valence-corrected chi connectivity index (χ4v) is 1.93. The van der Waals surface area contributed by atoms with Crippen LogP contribution < -0.4 is 5.32 Å². The number of carbonyl (C=O) groups is 3. The van der Waals surface area contributed by atoms with Gasteiger partial charge in [0.05, 0.1) is 5.41 Å². The van der Waals surface area contributed by atoms with Crippen LogP contribution in [0.1, 0.15) is 12.8 Å². The lowest BCUT2D eigenvalue weighted by Crippen LogP contribution is -2.34. The lowest BCUT2D eigenvalue weighted by Gasteiger charge is -2.16. The average Bonchev–Trinajstić information content (AvgIpc) is 2.53. The molecule has 0 aromatic heterocycles. The van der Waals surface area contributed by atoms with Crippen molar-refractivity contribution >= 4 is 17.7 Å². The van der Waals surface area contributed by atoms with Crippen molar-refractivity contribution in [2.75, 3.05) is 13.6 Å². The predicted octanol–water partition coefficient (Wildman–Crippen LogP) is -1.12. The minimum atomic E-state index is -0.761. The number of likely N-dealkylation sites (tertiary alicyclic amines) is 1. The third-order valence-corrected chi connectivity index (χ3v) is 2.74. The topological polar surface area (TPSA) is 66.5 Å². The van der Waals surface area contributed by atoms with Gasteiger partial charge in [-0.25, -0.2) is 0 Å². The van der Waals surface area contributed by atoms with Crippen molar-refractivity contribution in [1.29, 1.82) is 0 Å². The number of carbonyl (C=O) groups excluding carboxylic acids is 3. The van der Waals surface area contributed by atoms with Crippen molar-refractivity contribution in [3.05, 3.63) is 0 Å². The Morgan fingerprint density at radius 3 is 2.38 bits per heavy atom. The summed E-state index contributed by atoms with van der Waals surface area (Å²) in [5, 5.41) is 2.59. The zero-order valence-electron chi connectivity index (χ0n) is 7.29. The highest BCUT2D eigenvalue weighted by Gasteiger charge is 2.54. The molecule has 2 saturated heterocycles. The summed E-state index contributed by atoms with van der Waals surface area (Å²) >= 11 is 0. The van der Waals surface area contributed by atoms with Crippen molar-refractivity contribution in [1.82, 2.24) is 10.2 Å². The second-order valence-corrected chi connectivity index (χ2v) is 3.67. The number of nitrogens with zero attached hydrogens (tertiary/aromatic N) is 1. The van der Waals surface area contributed by atoms with Crippen molar-refractivity contribution in [2.24, 2.45) is 5.41 Å². The average molecular weight is 182 g/mol. The zero-order valence-corrected chi connectivity index (χ0v) is 7.29. The van der Waals surface area contributed by atoms with Crippen molar-refractivity contribution in [3.63, 3.8) is 0 Å². The van der Waals surface area contributed by atoms with Crippen LogP contribution in [0.2, 0.25) is 0 Å². The first kappa shape index (κ1) is 8.22. The van der Waals surface area contributed by atoms with Gasteiger partial charge in [-0.15, -0.1) is 0 Å². The van der Waals surface area contributed by atoms with Gasteiger partial charge in [0, 0.05) is 26.4 Å². The fraction of sp³-hybridized carbons (Fsp3) is 0.625. The molecule has 2 heterocycles. The predicted molar refractivity (Wildman–Crippen MR) is 42.5 cm³/mol. The van der Waals surface area contributed by atoms with Gasteiger partial charge < -0.3 is 5.32 Å². The molecule has 0 bridgehead atoms. The molecule has 2 rings (SSSR count). The van der Waals surface area contributed by atoms with E-state index in [0.717, 1.165) is 4.90 Å². The summed E-state index contributed by atoms with van der Waals surface area (Å²) < 4.78 is 0. The van der Waals surface area contributed by atoms with E-state index >= 15 is 0 Å². The molecule has 0 radical (unpaired) electrons. The molecule has 0 aromatic rings. The van der Waals surface area contributed by atoms with Crippen LogP contribution in [-0.2, 0) is 14.4 Å². The van der Waals surface area contributed by atoms with E-state index in [1.807, 2.05) is 0 Å². The molecule has 0 unspecified atom stereocenters. The van der Waals surface area contributed by atoms with Gasteiger partial charge in [0.15, 0.2) is 0 Å². The molecule has 0 aliphatic carbocycles. The van der Waals surface area contributed by atoms with Crippen molar-refractivity contribution < 1.29 is 14.4 Å². The maximum absolute atomic E-state index is 11.6. The summed E-state index contributed by atoms with van der Waals surface area (Å²) in [7, 11) is 1.46. The van der Waals surface area contributed by atoms with Gasteiger partial charge in [0.1, 0.15) is 0 Å². The van der Waals surface area contributed by atoms with Gasteiger partial charge in [0.2, 0.25) is 17.7 Å². The Morgan fingerprint density at radius 2 is 2.00 bits per heavy atom. The van der Waals surface area contributed by atoms with Gasteiger partial charge in [0.25, 0.3) is 0 Å². The van der Waals surface area contributed by atoms with E-state index in [9.17, 15) is 14.4 Å². The molecule has 0 aromatic carbocycles. The lowest BCUT2D eigenvalue weighted by atomic mass is 9.85. The minimum absolute atomic E-state index is 0.142. The molecule has 13 heavy (non-hydrogen) atoms. The van der Waals surface area contributed by atoms with E-state index in [2.05, 4.69) is 5.32 Å². The Hall–Kier alpha value is -1.39. The second kappa shape index (κ2) is 2.31. The highest BCUT2D eigenvalue weighted by molar-refractivity contribution is 6.08. The molecule has 3 amide bonds. The molecule has 5 nitrogen and oxygen atoms in total. The lowest BCUT2D eigenvalue weighted by molar-refractivity contribution is -0.140. The quantitative estimate of drug-likeness (QED) is 0.483. The van der Waals surface area contributed by atoms with E-state index < -0.39 is 5.41 Å². The molecule has 1 N–H and O–H groups in total. The number of imide groups is 1. The Morgan fingerprint density at radius 1 is 1.31 bits per heavy atom. The van der Waals surface area contributed by atoms with Gasteiger partial charge in [-0.05, 0) is 0 Å². The Kier molecular flexibility index (Phi) is 1.46. The number of rotatable bonds is 0. The Labute approximate surface area is 75.1 Å². The molecular weight excluding hydrogens is 172 g/mol.